The number of carbonyl (C=O) groups is 1. The topological polar surface area (TPSA) is 76.1 Å². The normalized spacial score (nSPS) is 10.1. The fourth-order valence-electron chi connectivity index (χ4n) is 2.29. The Morgan fingerprint density at radius 2 is 1.87 bits per heavy atom. The van der Waals surface area contributed by atoms with Crippen LogP contribution in [0.25, 0.3) is 22.6 Å². The molecule has 0 aliphatic carbocycles. The molecule has 0 amide bonds. The first-order valence-corrected chi connectivity index (χ1v) is 6.88. The zero-order valence-corrected chi connectivity index (χ0v) is 12.3. The molecule has 1 heterocycles. The Morgan fingerprint density at radius 3 is 2.57 bits per heavy atom. The summed E-state index contributed by atoms with van der Waals surface area (Å²) in [6.07, 6.45) is 0. The Kier molecular flexibility index (Phi) is 3.89. The zero-order chi connectivity index (χ0) is 16.2. The highest BCUT2D eigenvalue weighted by Crippen LogP contribution is 2.31. The molecule has 5 nitrogen and oxygen atoms in total. The summed E-state index contributed by atoms with van der Waals surface area (Å²) >= 11 is 0. The van der Waals surface area contributed by atoms with Crippen LogP contribution in [0, 0.1) is 11.3 Å². The summed E-state index contributed by atoms with van der Waals surface area (Å²) in [6.45, 7) is 0. The molecule has 0 aliphatic rings. The van der Waals surface area contributed by atoms with E-state index in [0.717, 1.165) is 5.56 Å². The molecule has 3 aromatic rings. The maximum atomic E-state index is 11.6. The molecule has 23 heavy (non-hydrogen) atoms. The molecule has 0 fully saturated rings. The summed E-state index contributed by atoms with van der Waals surface area (Å²) in [5, 5.41) is 13.5. The second-order valence-electron chi connectivity index (χ2n) is 4.79. The number of hydrogen-bond acceptors (Lipinski definition) is 5. The van der Waals surface area contributed by atoms with Gasteiger partial charge in [0.1, 0.15) is 17.3 Å². The number of rotatable bonds is 3. The predicted molar refractivity (Wildman–Crippen MR) is 83.4 cm³/mol. The Morgan fingerprint density at radius 1 is 1.13 bits per heavy atom. The molecule has 1 aromatic heterocycles. The van der Waals surface area contributed by atoms with Gasteiger partial charge < -0.3 is 9.26 Å². The van der Waals surface area contributed by atoms with E-state index in [0.29, 0.717) is 28.1 Å². The third-order valence-electron chi connectivity index (χ3n) is 3.40. The molecule has 5 heteroatoms. The molecule has 112 valence electrons. The average Bonchev–Trinajstić information content (AvgIpc) is 3.06. The van der Waals surface area contributed by atoms with Crippen molar-refractivity contribution in [3.8, 4) is 28.7 Å². The molecule has 0 aliphatic heterocycles. The minimum absolute atomic E-state index is 0.332. The van der Waals surface area contributed by atoms with Crippen LogP contribution in [0.5, 0.6) is 0 Å². The smallest absolute Gasteiger partial charge is 0.337 e. The van der Waals surface area contributed by atoms with Gasteiger partial charge in [0, 0.05) is 11.1 Å². The van der Waals surface area contributed by atoms with Gasteiger partial charge in [-0.15, -0.1) is 0 Å². The van der Waals surface area contributed by atoms with Crippen LogP contribution in [0.3, 0.4) is 0 Å². The molecule has 0 saturated carbocycles. The molecular weight excluding hydrogens is 292 g/mol. The van der Waals surface area contributed by atoms with E-state index < -0.39 is 5.97 Å². The number of carbonyl (C=O) groups excluding carboxylic acids is 1. The Bertz CT molecular complexity index is 892. The average molecular weight is 304 g/mol. The highest BCUT2D eigenvalue weighted by molar-refractivity contribution is 5.91. The van der Waals surface area contributed by atoms with Crippen LogP contribution in [0.15, 0.2) is 59.1 Å². The third kappa shape index (κ3) is 2.70. The lowest BCUT2D eigenvalue weighted by atomic mass is 10.0. The van der Waals surface area contributed by atoms with E-state index in [4.69, 9.17) is 9.26 Å². The van der Waals surface area contributed by atoms with Gasteiger partial charge >= 0.3 is 5.97 Å². The maximum absolute atomic E-state index is 11.6. The second-order valence-corrected chi connectivity index (χ2v) is 4.79. The molecule has 0 atom stereocenters. The number of nitriles is 1. The number of nitrogens with zero attached hydrogens (tertiary/aromatic N) is 2. The van der Waals surface area contributed by atoms with Gasteiger partial charge in [-0.2, -0.15) is 5.26 Å². The molecular formula is C18H12N2O3. The van der Waals surface area contributed by atoms with Crippen molar-refractivity contribution < 1.29 is 14.1 Å². The summed E-state index contributed by atoms with van der Waals surface area (Å²) in [7, 11) is 1.32. The predicted octanol–water partition coefficient (Wildman–Crippen LogP) is 3.67. The van der Waals surface area contributed by atoms with E-state index in [9.17, 15) is 10.1 Å². The number of ether oxygens (including phenoxy) is 1. The van der Waals surface area contributed by atoms with E-state index in [1.807, 2.05) is 30.3 Å². The van der Waals surface area contributed by atoms with E-state index in [-0.39, 0.29) is 0 Å². The summed E-state index contributed by atoms with van der Waals surface area (Å²) in [5.74, 6) is -0.0382. The molecule has 0 bridgehead atoms. The fourth-order valence-corrected chi connectivity index (χ4v) is 2.29. The number of esters is 1. The SMILES string of the molecule is COC(=O)c1cccc(-c2noc(-c3ccccc3)c2C#N)c1. The van der Waals surface area contributed by atoms with Crippen LogP contribution in [-0.2, 0) is 4.74 Å². The maximum Gasteiger partial charge on any atom is 0.337 e. The van der Waals surface area contributed by atoms with Crippen LogP contribution in [0.1, 0.15) is 15.9 Å². The van der Waals surface area contributed by atoms with Crippen molar-refractivity contribution >= 4 is 5.97 Å². The third-order valence-corrected chi connectivity index (χ3v) is 3.40. The van der Waals surface area contributed by atoms with E-state index in [1.54, 1.807) is 24.3 Å². The number of benzene rings is 2. The molecule has 0 unspecified atom stereocenters. The Balaban J connectivity index is 2.10. The van der Waals surface area contributed by atoms with Gasteiger partial charge in [0.25, 0.3) is 0 Å². The van der Waals surface area contributed by atoms with Crippen LogP contribution in [0.4, 0.5) is 0 Å². The number of methoxy groups -OCH3 is 1. The van der Waals surface area contributed by atoms with E-state index in [1.165, 1.54) is 7.11 Å². The van der Waals surface area contributed by atoms with Gasteiger partial charge in [0.05, 0.1) is 12.7 Å². The lowest BCUT2D eigenvalue weighted by molar-refractivity contribution is 0.0601. The first-order chi connectivity index (χ1) is 11.2. The quantitative estimate of drug-likeness (QED) is 0.690. The van der Waals surface area contributed by atoms with Crippen LogP contribution in [-0.4, -0.2) is 18.2 Å². The lowest BCUT2D eigenvalue weighted by Crippen LogP contribution is -2.00. The van der Waals surface area contributed by atoms with Crippen molar-refractivity contribution in [3.63, 3.8) is 0 Å². The molecule has 3 rings (SSSR count). The first-order valence-electron chi connectivity index (χ1n) is 6.88. The summed E-state index contributed by atoms with van der Waals surface area (Å²) in [5.41, 5.74) is 2.51. The second kappa shape index (κ2) is 6.16. The highest BCUT2D eigenvalue weighted by atomic mass is 16.5. The van der Waals surface area contributed by atoms with Crippen LogP contribution < -0.4 is 0 Å². The van der Waals surface area contributed by atoms with E-state index in [2.05, 4.69) is 11.2 Å². The summed E-state index contributed by atoms with van der Waals surface area (Å²) in [6, 6.07) is 18.1. The van der Waals surface area contributed by atoms with Gasteiger partial charge in [0.2, 0.25) is 0 Å². The Hall–Kier alpha value is -3.39. The highest BCUT2D eigenvalue weighted by Gasteiger charge is 2.19. The molecule has 0 N–H and O–H groups in total. The van der Waals surface area contributed by atoms with Gasteiger partial charge in [-0.3, -0.25) is 0 Å². The van der Waals surface area contributed by atoms with Crippen molar-refractivity contribution in [2.45, 2.75) is 0 Å². The number of aromatic nitrogens is 1. The fraction of sp³-hybridized carbons (Fsp3) is 0.0556. The first kappa shape index (κ1) is 14.5. The summed E-state index contributed by atoms with van der Waals surface area (Å²) < 4.78 is 10.1. The number of hydrogen-bond donors (Lipinski definition) is 0. The summed E-state index contributed by atoms with van der Waals surface area (Å²) in [4.78, 5) is 11.6. The van der Waals surface area contributed by atoms with Gasteiger partial charge in [0.15, 0.2) is 5.76 Å². The van der Waals surface area contributed by atoms with Crippen molar-refractivity contribution in [2.75, 3.05) is 7.11 Å². The minimum Gasteiger partial charge on any atom is -0.465 e. The monoisotopic (exact) mass is 304 g/mol. The lowest BCUT2D eigenvalue weighted by Gasteiger charge is -2.01. The zero-order valence-electron chi connectivity index (χ0n) is 12.3. The minimum atomic E-state index is -0.447. The molecule has 0 radical (unpaired) electrons. The molecule has 0 spiro atoms. The molecule has 2 aromatic carbocycles. The Labute approximate surface area is 132 Å². The van der Waals surface area contributed by atoms with Crippen molar-refractivity contribution in [2.24, 2.45) is 0 Å². The largest absolute Gasteiger partial charge is 0.465 e. The van der Waals surface area contributed by atoms with Crippen LogP contribution >= 0.6 is 0 Å². The molecule has 0 saturated heterocycles. The van der Waals surface area contributed by atoms with Crippen molar-refractivity contribution in [1.82, 2.24) is 5.16 Å². The van der Waals surface area contributed by atoms with Crippen LogP contribution in [0.2, 0.25) is 0 Å². The van der Waals surface area contributed by atoms with Gasteiger partial charge in [-0.25, -0.2) is 4.79 Å². The van der Waals surface area contributed by atoms with Gasteiger partial charge in [-0.1, -0.05) is 47.6 Å². The standard InChI is InChI=1S/C18H12N2O3/c1-22-18(21)14-9-5-8-13(10-14)16-15(11-19)17(23-20-16)12-6-3-2-4-7-12/h2-10H,1H3. The van der Waals surface area contributed by atoms with Gasteiger partial charge in [-0.05, 0) is 12.1 Å². The van der Waals surface area contributed by atoms with Crippen molar-refractivity contribution in [1.29, 1.82) is 5.26 Å². The van der Waals surface area contributed by atoms with E-state index >= 15 is 0 Å². The van der Waals surface area contributed by atoms with Crippen molar-refractivity contribution in [3.05, 3.63) is 65.7 Å².